The molecular weight excluding hydrogens is 266 g/mol. The molecule has 2 aromatic rings. The molecule has 1 heterocycles. The zero-order chi connectivity index (χ0) is 15.2. The van der Waals surface area contributed by atoms with Crippen LogP contribution in [0.1, 0.15) is 24.2 Å². The highest BCUT2D eigenvalue weighted by atomic mass is 16.5. The Bertz CT molecular complexity index is 665. The molecule has 5 heteroatoms. The second kappa shape index (κ2) is 6.62. The summed E-state index contributed by atoms with van der Waals surface area (Å²) in [6.45, 7) is 2.04. The van der Waals surface area contributed by atoms with E-state index in [0.717, 1.165) is 11.3 Å². The van der Waals surface area contributed by atoms with Crippen molar-refractivity contribution < 1.29 is 9.47 Å². The molecule has 1 aromatic carbocycles. The normalized spacial score (nSPS) is 11.3. The molecule has 108 valence electrons. The van der Waals surface area contributed by atoms with Crippen molar-refractivity contribution in [1.29, 1.82) is 5.26 Å². The van der Waals surface area contributed by atoms with Gasteiger partial charge in [0.05, 0.1) is 14.2 Å². The van der Waals surface area contributed by atoms with Gasteiger partial charge in [-0.1, -0.05) is 6.07 Å². The second-order valence-corrected chi connectivity index (χ2v) is 4.52. The van der Waals surface area contributed by atoms with Crippen LogP contribution in [-0.4, -0.2) is 19.2 Å². The Balaban J connectivity index is 2.20. The van der Waals surface area contributed by atoms with Gasteiger partial charge in [-0.15, -0.1) is 0 Å². The third-order valence-electron chi connectivity index (χ3n) is 3.17. The van der Waals surface area contributed by atoms with E-state index in [9.17, 15) is 0 Å². The van der Waals surface area contributed by atoms with E-state index >= 15 is 0 Å². The van der Waals surface area contributed by atoms with Gasteiger partial charge in [-0.2, -0.15) is 5.26 Å². The Labute approximate surface area is 124 Å². The van der Waals surface area contributed by atoms with Crippen LogP contribution in [0.15, 0.2) is 36.5 Å². The third kappa shape index (κ3) is 3.42. The van der Waals surface area contributed by atoms with Gasteiger partial charge < -0.3 is 14.8 Å². The first-order valence-corrected chi connectivity index (χ1v) is 6.52. The number of anilines is 1. The summed E-state index contributed by atoms with van der Waals surface area (Å²) in [5.74, 6) is 1.39. The number of nitrogens with zero attached hydrogens (tertiary/aromatic N) is 2. The van der Waals surface area contributed by atoms with Crippen molar-refractivity contribution in [2.75, 3.05) is 19.5 Å². The standard InChI is InChI=1S/C16H17N3O2/c1-11(19-13-6-7-18-14(9-13)10-17)12-4-5-15(20-2)16(8-12)21-3/h4-9,11H,1-3H3,(H,18,19). The highest BCUT2D eigenvalue weighted by Crippen LogP contribution is 2.30. The van der Waals surface area contributed by atoms with E-state index < -0.39 is 0 Å². The van der Waals surface area contributed by atoms with E-state index in [4.69, 9.17) is 14.7 Å². The average Bonchev–Trinajstić information content (AvgIpc) is 2.54. The first-order valence-electron chi connectivity index (χ1n) is 6.52. The first-order chi connectivity index (χ1) is 10.2. The number of ether oxygens (including phenoxy) is 2. The van der Waals surface area contributed by atoms with Crippen LogP contribution in [0.3, 0.4) is 0 Å². The van der Waals surface area contributed by atoms with Crippen molar-refractivity contribution in [1.82, 2.24) is 4.98 Å². The fourth-order valence-corrected chi connectivity index (χ4v) is 2.04. The molecule has 0 bridgehead atoms. The average molecular weight is 283 g/mol. The molecule has 0 amide bonds. The quantitative estimate of drug-likeness (QED) is 0.913. The van der Waals surface area contributed by atoms with Crippen LogP contribution in [0.5, 0.6) is 11.5 Å². The summed E-state index contributed by atoms with van der Waals surface area (Å²) in [6.07, 6.45) is 1.61. The number of benzene rings is 1. The van der Waals surface area contributed by atoms with Gasteiger partial charge in [-0.3, -0.25) is 0 Å². The molecule has 0 radical (unpaired) electrons. The molecule has 0 fully saturated rings. The molecule has 5 nitrogen and oxygen atoms in total. The number of nitrogens with one attached hydrogen (secondary N) is 1. The minimum Gasteiger partial charge on any atom is -0.493 e. The van der Waals surface area contributed by atoms with Crippen LogP contribution in [0.2, 0.25) is 0 Å². The largest absolute Gasteiger partial charge is 0.493 e. The smallest absolute Gasteiger partial charge is 0.161 e. The Morgan fingerprint density at radius 1 is 1.14 bits per heavy atom. The van der Waals surface area contributed by atoms with Gasteiger partial charge in [-0.25, -0.2) is 4.98 Å². The Kier molecular flexibility index (Phi) is 4.62. The van der Waals surface area contributed by atoms with E-state index in [0.29, 0.717) is 17.2 Å². The summed E-state index contributed by atoms with van der Waals surface area (Å²) < 4.78 is 10.5. The Hall–Kier alpha value is -2.74. The van der Waals surface area contributed by atoms with Gasteiger partial charge >= 0.3 is 0 Å². The molecule has 0 aliphatic rings. The molecule has 1 atom stereocenters. The molecule has 0 saturated heterocycles. The van der Waals surface area contributed by atoms with Gasteiger partial charge in [0.15, 0.2) is 11.5 Å². The lowest BCUT2D eigenvalue weighted by molar-refractivity contribution is 0.354. The third-order valence-corrected chi connectivity index (χ3v) is 3.17. The maximum absolute atomic E-state index is 8.87. The Morgan fingerprint density at radius 2 is 1.90 bits per heavy atom. The molecule has 0 spiro atoms. The van der Waals surface area contributed by atoms with E-state index in [-0.39, 0.29) is 6.04 Å². The number of nitriles is 1. The number of hydrogen-bond acceptors (Lipinski definition) is 5. The lowest BCUT2D eigenvalue weighted by Crippen LogP contribution is -2.07. The SMILES string of the molecule is COc1ccc(C(C)Nc2ccnc(C#N)c2)cc1OC. The van der Waals surface area contributed by atoms with Gasteiger partial charge in [0.2, 0.25) is 0 Å². The first kappa shape index (κ1) is 14.7. The minimum atomic E-state index is 0.0544. The summed E-state index contributed by atoms with van der Waals surface area (Å²) in [6, 6.07) is 11.4. The summed E-state index contributed by atoms with van der Waals surface area (Å²) in [7, 11) is 3.22. The van der Waals surface area contributed by atoms with Crippen molar-refractivity contribution in [3.8, 4) is 17.6 Å². The van der Waals surface area contributed by atoms with Crippen LogP contribution in [0, 0.1) is 11.3 Å². The van der Waals surface area contributed by atoms with Crippen LogP contribution in [0.4, 0.5) is 5.69 Å². The van der Waals surface area contributed by atoms with Crippen LogP contribution < -0.4 is 14.8 Å². The molecule has 2 rings (SSSR count). The van der Waals surface area contributed by atoms with Crippen molar-refractivity contribution in [3.05, 3.63) is 47.8 Å². The van der Waals surface area contributed by atoms with Crippen LogP contribution in [-0.2, 0) is 0 Å². The van der Waals surface area contributed by atoms with E-state index in [1.54, 1.807) is 26.5 Å². The van der Waals surface area contributed by atoms with Crippen molar-refractivity contribution in [3.63, 3.8) is 0 Å². The number of rotatable bonds is 5. The molecule has 1 unspecified atom stereocenters. The number of hydrogen-bond donors (Lipinski definition) is 1. The lowest BCUT2D eigenvalue weighted by Gasteiger charge is -2.17. The minimum absolute atomic E-state index is 0.0544. The summed E-state index contributed by atoms with van der Waals surface area (Å²) in [4.78, 5) is 3.95. The van der Waals surface area contributed by atoms with Gasteiger partial charge in [0, 0.05) is 17.9 Å². The van der Waals surface area contributed by atoms with E-state index in [1.807, 2.05) is 37.3 Å². The van der Waals surface area contributed by atoms with Crippen molar-refractivity contribution in [2.45, 2.75) is 13.0 Å². The second-order valence-electron chi connectivity index (χ2n) is 4.52. The number of pyridine rings is 1. The predicted octanol–water partition coefficient (Wildman–Crippen LogP) is 3.14. The summed E-state index contributed by atoms with van der Waals surface area (Å²) in [5, 5.41) is 12.2. The topological polar surface area (TPSA) is 67.2 Å². The molecule has 0 aliphatic heterocycles. The number of aromatic nitrogens is 1. The highest BCUT2D eigenvalue weighted by molar-refractivity contribution is 5.50. The van der Waals surface area contributed by atoms with Crippen LogP contribution in [0.25, 0.3) is 0 Å². The molecule has 21 heavy (non-hydrogen) atoms. The zero-order valence-electron chi connectivity index (χ0n) is 12.3. The van der Waals surface area contributed by atoms with E-state index in [2.05, 4.69) is 10.3 Å². The van der Waals surface area contributed by atoms with Crippen molar-refractivity contribution in [2.24, 2.45) is 0 Å². The highest BCUT2D eigenvalue weighted by Gasteiger charge is 2.10. The predicted molar refractivity (Wildman–Crippen MR) is 80.5 cm³/mol. The maximum Gasteiger partial charge on any atom is 0.161 e. The number of methoxy groups -OCH3 is 2. The van der Waals surface area contributed by atoms with Gasteiger partial charge in [0.1, 0.15) is 11.8 Å². The summed E-state index contributed by atoms with van der Waals surface area (Å²) in [5.41, 5.74) is 2.30. The molecule has 1 N–H and O–H groups in total. The molecular formula is C16H17N3O2. The van der Waals surface area contributed by atoms with Crippen molar-refractivity contribution >= 4 is 5.69 Å². The fraction of sp³-hybridized carbons (Fsp3) is 0.250. The Morgan fingerprint density at radius 3 is 2.57 bits per heavy atom. The fourth-order valence-electron chi connectivity index (χ4n) is 2.04. The van der Waals surface area contributed by atoms with Gasteiger partial charge in [-0.05, 0) is 36.8 Å². The molecule has 0 aliphatic carbocycles. The van der Waals surface area contributed by atoms with E-state index in [1.165, 1.54) is 0 Å². The van der Waals surface area contributed by atoms with Crippen LogP contribution >= 0.6 is 0 Å². The lowest BCUT2D eigenvalue weighted by atomic mass is 10.1. The molecule has 0 saturated carbocycles. The van der Waals surface area contributed by atoms with Gasteiger partial charge in [0.25, 0.3) is 0 Å². The summed E-state index contributed by atoms with van der Waals surface area (Å²) >= 11 is 0. The monoisotopic (exact) mass is 283 g/mol. The molecule has 1 aromatic heterocycles. The zero-order valence-corrected chi connectivity index (χ0v) is 12.3. The maximum atomic E-state index is 8.87.